The number of anilines is 1. The van der Waals surface area contributed by atoms with Crippen molar-refractivity contribution >= 4 is 45.8 Å². The lowest BCUT2D eigenvalue weighted by molar-refractivity contribution is 0.0595. The fourth-order valence-corrected chi connectivity index (χ4v) is 2.97. The Morgan fingerprint density at radius 1 is 0.897 bits per heavy atom. The number of halogens is 1. The number of nitrogens with zero attached hydrogens (tertiary/aromatic N) is 2. The van der Waals surface area contributed by atoms with E-state index in [1.807, 2.05) is 12.1 Å². The second kappa shape index (κ2) is 9.78. The molecule has 0 atom stereocenters. The lowest BCUT2D eigenvalue weighted by Gasteiger charge is -2.07. The van der Waals surface area contributed by atoms with Gasteiger partial charge in [0, 0.05) is 3.57 Å². The predicted octanol–water partition coefficient (Wildman–Crippen LogP) is 5.41. The molecule has 0 aliphatic heterocycles. The van der Waals surface area contributed by atoms with Crippen molar-refractivity contribution in [1.29, 1.82) is 0 Å². The van der Waals surface area contributed by atoms with Crippen molar-refractivity contribution in [3.05, 3.63) is 87.5 Å². The van der Waals surface area contributed by atoms with Crippen LogP contribution in [0, 0.1) is 3.57 Å². The second-order valence-corrected chi connectivity index (χ2v) is 6.89. The molecule has 0 radical (unpaired) electrons. The number of nitrogens with one attached hydrogen (secondary N) is 1. The van der Waals surface area contributed by atoms with Crippen LogP contribution in [0.4, 0.5) is 11.4 Å². The zero-order chi connectivity index (χ0) is 20.6. The van der Waals surface area contributed by atoms with E-state index < -0.39 is 11.9 Å². The number of para-hydroxylation sites is 1. The second-order valence-electron chi connectivity index (χ2n) is 5.72. The molecule has 0 saturated heterocycles. The zero-order valence-corrected chi connectivity index (χ0v) is 17.5. The van der Waals surface area contributed by atoms with Crippen LogP contribution in [0.25, 0.3) is 0 Å². The third-order valence-corrected chi connectivity index (χ3v) is 4.76. The minimum atomic E-state index is -0.504. The largest absolute Gasteiger partial charge is 0.496 e. The number of hydrogen-bond acceptors (Lipinski definition) is 6. The standard InChI is InChI=1S/C21H16IN3O4/c1-28-19-9-5-3-7-17(19)20(26)24-23-14-10-12-15(13-11-14)25-29-21(27)16-6-2-4-8-18(16)22/h2-13,25H,1H3. The molecule has 3 aromatic rings. The van der Waals surface area contributed by atoms with Gasteiger partial charge in [-0.05, 0) is 71.1 Å². The van der Waals surface area contributed by atoms with Crippen molar-refractivity contribution < 1.29 is 19.2 Å². The molecule has 8 heteroatoms. The number of azo groups is 1. The van der Waals surface area contributed by atoms with Gasteiger partial charge >= 0.3 is 5.97 Å². The normalized spacial score (nSPS) is 10.6. The summed E-state index contributed by atoms with van der Waals surface area (Å²) < 4.78 is 5.95. The van der Waals surface area contributed by atoms with Crippen LogP contribution >= 0.6 is 22.6 Å². The van der Waals surface area contributed by atoms with E-state index in [4.69, 9.17) is 9.57 Å². The summed E-state index contributed by atoms with van der Waals surface area (Å²) in [6, 6.07) is 20.5. The number of amides is 1. The Balaban J connectivity index is 1.60. The molecule has 0 fully saturated rings. The van der Waals surface area contributed by atoms with Crippen LogP contribution in [0.5, 0.6) is 5.75 Å². The first-order valence-corrected chi connectivity index (χ1v) is 9.57. The first kappa shape index (κ1) is 20.5. The highest BCUT2D eigenvalue weighted by molar-refractivity contribution is 14.1. The van der Waals surface area contributed by atoms with Crippen molar-refractivity contribution in [1.82, 2.24) is 0 Å². The maximum Gasteiger partial charge on any atom is 0.363 e. The quantitative estimate of drug-likeness (QED) is 0.277. The first-order chi connectivity index (χ1) is 14.1. The molecule has 1 amide bonds. The fourth-order valence-electron chi connectivity index (χ4n) is 2.36. The van der Waals surface area contributed by atoms with Crippen LogP contribution in [-0.2, 0) is 4.84 Å². The Bertz CT molecular complexity index is 1050. The monoisotopic (exact) mass is 501 g/mol. The van der Waals surface area contributed by atoms with Gasteiger partial charge in [-0.3, -0.25) is 4.79 Å². The summed E-state index contributed by atoms with van der Waals surface area (Å²) in [6.07, 6.45) is 0. The molecule has 0 bridgehead atoms. The van der Waals surface area contributed by atoms with E-state index in [0.717, 1.165) is 3.57 Å². The molecule has 0 aliphatic rings. The summed E-state index contributed by atoms with van der Waals surface area (Å²) >= 11 is 2.07. The molecular formula is C21H16IN3O4. The number of carbonyl (C=O) groups excluding carboxylic acids is 2. The van der Waals surface area contributed by atoms with E-state index in [9.17, 15) is 9.59 Å². The van der Waals surface area contributed by atoms with Gasteiger partial charge in [0.2, 0.25) is 0 Å². The van der Waals surface area contributed by atoms with E-state index in [2.05, 4.69) is 38.3 Å². The van der Waals surface area contributed by atoms with Crippen LogP contribution in [0.3, 0.4) is 0 Å². The summed E-state index contributed by atoms with van der Waals surface area (Å²) in [4.78, 5) is 29.4. The number of methoxy groups -OCH3 is 1. The summed E-state index contributed by atoms with van der Waals surface area (Å²) in [5, 5.41) is 7.66. The van der Waals surface area contributed by atoms with Gasteiger partial charge in [-0.25, -0.2) is 10.3 Å². The van der Waals surface area contributed by atoms with Crippen molar-refractivity contribution in [2.24, 2.45) is 10.2 Å². The molecule has 0 saturated carbocycles. The van der Waals surface area contributed by atoms with Gasteiger partial charge < -0.3 is 9.57 Å². The van der Waals surface area contributed by atoms with Crippen LogP contribution in [0.1, 0.15) is 20.7 Å². The molecule has 0 unspecified atom stereocenters. The van der Waals surface area contributed by atoms with Gasteiger partial charge in [0.1, 0.15) is 5.75 Å². The van der Waals surface area contributed by atoms with Crippen LogP contribution in [-0.4, -0.2) is 19.0 Å². The Kier molecular flexibility index (Phi) is 6.90. The van der Waals surface area contributed by atoms with E-state index in [0.29, 0.717) is 28.3 Å². The third kappa shape index (κ3) is 5.38. The molecule has 7 nitrogen and oxygen atoms in total. The minimum Gasteiger partial charge on any atom is -0.496 e. The van der Waals surface area contributed by atoms with Crippen molar-refractivity contribution in [2.75, 3.05) is 12.6 Å². The Morgan fingerprint density at radius 2 is 1.55 bits per heavy atom. The summed E-state index contributed by atoms with van der Waals surface area (Å²) in [7, 11) is 1.49. The molecule has 0 spiro atoms. The smallest absolute Gasteiger partial charge is 0.363 e. The molecule has 1 N–H and O–H groups in total. The van der Waals surface area contributed by atoms with Gasteiger partial charge in [0.05, 0.1) is 29.6 Å². The van der Waals surface area contributed by atoms with Crippen LogP contribution < -0.4 is 10.2 Å². The Labute approximate surface area is 180 Å². The topological polar surface area (TPSA) is 89.3 Å². The lowest BCUT2D eigenvalue weighted by Crippen LogP contribution is -2.11. The number of hydrogen-bond donors (Lipinski definition) is 1. The number of ether oxygens (including phenoxy) is 1. The summed E-state index contributed by atoms with van der Waals surface area (Å²) in [5.41, 5.74) is 4.43. The van der Waals surface area contributed by atoms with Gasteiger partial charge in [-0.15, -0.1) is 10.2 Å². The van der Waals surface area contributed by atoms with Gasteiger partial charge in [0.25, 0.3) is 5.91 Å². The SMILES string of the molecule is COc1ccccc1C(=O)N=Nc1ccc(NOC(=O)c2ccccc2I)cc1. The summed E-state index contributed by atoms with van der Waals surface area (Å²) in [6.45, 7) is 0. The number of carbonyl (C=O) groups is 2. The maximum absolute atomic E-state index is 12.2. The predicted molar refractivity (Wildman–Crippen MR) is 116 cm³/mol. The molecular weight excluding hydrogens is 485 g/mol. The van der Waals surface area contributed by atoms with Gasteiger partial charge in [-0.1, -0.05) is 24.3 Å². The van der Waals surface area contributed by atoms with E-state index in [1.165, 1.54) is 7.11 Å². The Morgan fingerprint density at radius 3 is 2.24 bits per heavy atom. The average Bonchev–Trinajstić information content (AvgIpc) is 2.76. The first-order valence-electron chi connectivity index (χ1n) is 8.49. The maximum atomic E-state index is 12.2. The van der Waals surface area contributed by atoms with E-state index in [1.54, 1.807) is 60.7 Å². The summed E-state index contributed by atoms with van der Waals surface area (Å²) in [5.74, 6) is -0.553. The highest BCUT2D eigenvalue weighted by Gasteiger charge is 2.12. The highest BCUT2D eigenvalue weighted by Crippen LogP contribution is 2.21. The average molecular weight is 501 g/mol. The molecule has 146 valence electrons. The molecule has 0 aromatic heterocycles. The van der Waals surface area contributed by atoms with Gasteiger partial charge in [-0.2, -0.15) is 0 Å². The number of rotatable bonds is 6. The number of benzene rings is 3. The molecule has 0 aliphatic carbocycles. The van der Waals surface area contributed by atoms with Gasteiger partial charge in [0.15, 0.2) is 0 Å². The molecule has 29 heavy (non-hydrogen) atoms. The molecule has 0 heterocycles. The lowest BCUT2D eigenvalue weighted by atomic mass is 10.2. The Hall–Kier alpha value is -3.27. The highest BCUT2D eigenvalue weighted by atomic mass is 127. The fraction of sp³-hybridized carbons (Fsp3) is 0.0476. The zero-order valence-electron chi connectivity index (χ0n) is 15.3. The van der Waals surface area contributed by atoms with Crippen LogP contribution in [0.2, 0.25) is 0 Å². The van der Waals surface area contributed by atoms with Crippen molar-refractivity contribution in [3.63, 3.8) is 0 Å². The van der Waals surface area contributed by atoms with Crippen molar-refractivity contribution in [3.8, 4) is 5.75 Å². The molecule has 3 rings (SSSR count). The van der Waals surface area contributed by atoms with E-state index in [-0.39, 0.29) is 0 Å². The molecule has 3 aromatic carbocycles. The van der Waals surface area contributed by atoms with Crippen molar-refractivity contribution in [2.45, 2.75) is 0 Å². The van der Waals surface area contributed by atoms with Crippen LogP contribution in [0.15, 0.2) is 83.0 Å². The minimum absolute atomic E-state index is 0.333. The third-order valence-electron chi connectivity index (χ3n) is 3.82. The van der Waals surface area contributed by atoms with E-state index >= 15 is 0 Å².